The van der Waals surface area contributed by atoms with E-state index in [0.717, 1.165) is 0 Å². The maximum absolute atomic E-state index is 13.7. The first-order valence-electron chi connectivity index (χ1n) is 8.72. The fraction of sp³-hybridized carbons (Fsp3) is 0.529. The van der Waals surface area contributed by atoms with Crippen LogP contribution in [-0.4, -0.2) is 47.2 Å². The minimum Gasteiger partial charge on any atom is -0.478 e. The van der Waals surface area contributed by atoms with Crippen LogP contribution in [0.5, 0.6) is 5.75 Å². The summed E-state index contributed by atoms with van der Waals surface area (Å²) in [5, 5.41) is 4.34. The van der Waals surface area contributed by atoms with Gasteiger partial charge in [0.05, 0.1) is 18.2 Å². The van der Waals surface area contributed by atoms with Crippen molar-refractivity contribution in [2.75, 3.05) is 18.1 Å². The van der Waals surface area contributed by atoms with Crippen molar-refractivity contribution in [3.8, 4) is 5.75 Å². The lowest BCUT2D eigenvalue weighted by molar-refractivity contribution is 0.161. The third kappa shape index (κ3) is 4.74. The summed E-state index contributed by atoms with van der Waals surface area (Å²) in [6.45, 7) is 4.63. The van der Waals surface area contributed by atoms with Gasteiger partial charge in [-0.25, -0.2) is 17.5 Å². The molecule has 7 nitrogen and oxygen atoms in total. The molecule has 2 heterocycles. The molecule has 0 radical (unpaired) electrons. The standard InChI is InChI=1S/C17H22FN3O4S2/c1-3-20(13-8-9-27(22,23)10-13)11-21-17(26)25-16(19-21)12(2)24-15-7-5-4-6-14(15)18/h4-7,12-13H,3,8-11H2,1-2H3/t12-,13-/m1/s1. The number of benzene rings is 1. The van der Waals surface area contributed by atoms with Crippen LogP contribution in [0.1, 0.15) is 32.3 Å². The lowest BCUT2D eigenvalue weighted by atomic mass is 10.2. The molecule has 1 aromatic heterocycles. The number of halogens is 1. The highest BCUT2D eigenvalue weighted by molar-refractivity contribution is 7.91. The monoisotopic (exact) mass is 415 g/mol. The minimum absolute atomic E-state index is 0.0610. The second kappa shape index (κ2) is 8.07. The summed E-state index contributed by atoms with van der Waals surface area (Å²) in [5.74, 6) is 0.218. The van der Waals surface area contributed by atoms with Crippen molar-refractivity contribution in [3.63, 3.8) is 0 Å². The van der Waals surface area contributed by atoms with E-state index in [9.17, 15) is 12.8 Å². The Hall–Kier alpha value is -1.78. The second-order valence-electron chi connectivity index (χ2n) is 6.50. The molecule has 3 rings (SSSR count). The molecule has 0 unspecified atom stereocenters. The number of sulfone groups is 1. The quantitative estimate of drug-likeness (QED) is 0.644. The highest BCUT2D eigenvalue weighted by Gasteiger charge is 2.32. The molecule has 0 N–H and O–H groups in total. The Labute approximate surface area is 162 Å². The Kier molecular flexibility index (Phi) is 5.97. The first kappa shape index (κ1) is 20.0. The number of para-hydroxylation sites is 1. The predicted molar refractivity (Wildman–Crippen MR) is 100 cm³/mol. The van der Waals surface area contributed by atoms with Crippen LogP contribution in [0.2, 0.25) is 0 Å². The fourth-order valence-corrected chi connectivity index (χ4v) is 5.01. The van der Waals surface area contributed by atoms with Crippen LogP contribution in [0.3, 0.4) is 0 Å². The Morgan fingerprint density at radius 3 is 2.85 bits per heavy atom. The van der Waals surface area contributed by atoms with Crippen LogP contribution in [0.25, 0.3) is 0 Å². The zero-order valence-electron chi connectivity index (χ0n) is 15.2. The maximum Gasteiger partial charge on any atom is 0.288 e. The normalized spacial score (nSPS) is 20.1. The van der Waals surface area contributed by atoms with Gasteiger partial charge in [-0.1, -0.05) is 19.1 Å². The first-order valence-corrected chi connectivity index (χ1v) is 11.0. The van der Waals surface area contributed by atoms with Crippen LogP contribution in [0.4, 0.5) is 4.39 Å². The van der Waals surface area contributed by atoms with Crippen molar-refractivity contribution in [2.45, 2.75) is 39.1 Å². The highest BCUT2D eigenvalue weighted by atomic mass is 32.2. The molecule has 0 aliphatic carbocycles. The molecule has 1 aliphatic heterocycles. The van der Waals surface area contributed by atoms with Crippen LogP contribution in [0, 0.1) is 10.7 Å². The van der Waals surface area contributed by atoms with Crippen molar-refractivity contribution < 1.29 is 22.0 Å². The van der Waals surface area contributed by atoms with Crippen molar-refractivity contribution in [2.24, 2.45) is 0 Å². The number of ether oxygens (including phenoxy) is 1. The number of hydrogen-bond donors (Lipinski definition) is 0. The van der Waals surface area contributed by atoms with Gasteiger partial charge in [0.25, 0.3) is 10.7 Å². The van der Waals surface area contributed by atoms with Gasteiger partial charge in [0.1, 0.15) is 0 Å². The average Bonchev–Trinajstić information content (AvgIpc) is 3.17. The zero-order valence-corrected chi connectivity index (χ0v) is 16.8. The topological polar surface area (TPSA) is 77.6 Å². The van der Waals surface area contributed by atoms with Crippen LogP contribution in [-0.2, 0) is 16.5 Å². The molecular weight excluding hydrogens is 393 g/mol. The molecular formula is C17H22FN3O4S2. The fourth-order valence-electron chi connectivity index (χ4n) is 3.07. The third-order valence-corrected chi connectivity index (χ3v) is 6.60. The van der Waals surface area contributed by atoms with Gasteiger partial charge in [0, 0.05) is 6.04 Å². The molecule has 1 aliphatic rings. The number of nitrogens with zero attached hydrogens (tertiary/aromatic N) is 3. The average molecular weight is 416 g/mol. The minimum atomic E-state index is -2.98. The Morgan fingerprint density at radius 1 is 1.48 bits per heavy atom. The van der Waals surface area contributed by atoms with E-state index in [4.69, 9.17) is 21.4 Å². The number of rotatable bonds is 7. The van der Waals surface area contributed by atoms with Gasteiger partial charge >= 0.3 is 0 Å². The first-order chi connectivity index (χ1) is 12.8. The smallest absolute Gasteiger partial charge is 0.288 e. The molecule has 2 atom stereocenters. The molecule has 1 fully saturated rings. The zero-order chi connectivity index (χ0) is 19.6. The molecule has 0 saturated carbocycles. The van der Waals surface area contributed by atoms with Crippen LogP contribution < -0.4 is 4.74 Å². The second-order valence-corrected chi connectivity index (χ2v) is 9.08. The molecule has 10 heteroatoms. The molecule has 148 valence electrons. The molecule has 0 bridgehead atoms. The van der Waals surface area contributed by atoms with Gasteiger partial charge < -0.3 is 9.15 Å². The number of aromatic nitrogens is 2. The van der Waals surface area contributed by atoms with Crippen LogP contribution in [0.15, 0.2) is 28.7 Å². The largest absolute Gasteiger partial charge is 0.478 e. The molecule has 0 spiro atoms. The summed E-state index contributed by atoms with van der Waals surface area (Å²) in [6, 6.07) is 6.03. The maximum atomic E-state index is 13.7. The van der Waals surface area contributed by atoms with Crippen molar-refractivity contribution >= 4 is 22.1 Å². The number of hydrogen-bond acceptors (Lipinski definition) is 7. The molecule has 27 heavy (non-hydrogen) atoms. The van der Waals surface area contributed by atoms with E-state index < -0.39 is 21.8 Å². The SMILES string of the molecule is CCN(Cn1nc([C@@H](C)Oc2ccccc2F)oc1=S)[C@@H]1CCS(=O)(=O)C1. The summed E-state index contributed by atoms with van der Waals surface area (Å²) in [4.78, 5) is 2.17. The molecule has 2 aromatic rings. The highest BCUT2D eigenvalue weighted by Crippen LogP contribution is 2.24. The van der Waals surface area contributed by atoms with Gasteiger partial charge in [0.2, 0.25) is 0 Å². The van der Waals surface area contributed by atoms with Crippen LogP contribution >= 0.6 is 12.2 Å². The van der Waals surface area contributed by atoms with Gasteiger partial charge in [-0.3, -0.25) is 4.90 Å². The van der Waals surface area contributed by atoms with E-state index in [1.807, 2.05) is 11.8 Å². The van der Waals surface area contributed by atoms with E-state index in [2.05, 4.69) is 5.10 Å². The summed E-state index contributed by atoms with van der Waals surface area (Å²) in [7, 11) is -2.98. The Balaban J connectivity index is 1.72. The van der Waals surface area contributed by atoms with E-state index in [0.29, 0.717) is 19.6 Å². The predicted octanol–water partition coefficient (Wildman–Crippen LogP) is 2.95. The third-order valence-electron chi connectivity index (χ3n) is 4.56. The summed E-state index contributed by atoms with van der Waals surface area (Å²) < 4.78 is 49.8. The van der Waals surface area contributed by atoms with Gasteiger partial charge in [0.15, 0.2) is 27.5 Å². The summed E-state index contributed by atoms with van der Waals surface area (Å²) in [5.41, 5.74) is 0. The van der Waals surface area contributed by atoms with Crippen molar-refractivity contribution in [3.05, 3.63) is 40.8 Å². The molecule has 1 aromatic carbocycles. The lowest BCUT2D eigenvalue weighted by Crippen LogP contribution is -2.37. The Morgan fingerprint density at radius 2 is 2.22 bits per heavy atom. The van der Waals surface area contributed by atoms with E-state index in [1.54, 1.807) is 19.1 Å². The summed E-state index contributed by atoms with van der Waals surface area (Å²) >= 11 is 5.23. The van der Waals surface area contributed by atoms with Crippen molar-refractivity contribution in [1.29, 1.82) is 0 Å². The van der Waals surface area contributed by atoms with Gasteiger partial charge in [-0.15, -0.1) is 5.10 Å². The van der Waals surface area contributed by atoms with E-state index in [-0.39, 0.29) is 34.0 Å². The Bertz CT molecular complexity index is 957. The molecule has 0 amide bonds. The van der Waals surface area contributed by atoms with Crippen molar-refractivity contribution in [1.82, 2.24) is 14.7 Å². The van der Waals surface area contributed by atoms with E-state index in [1.165, 1.54) is 16.8 Å². The summed E-state index contributed by atoms with van der Waals surface area (Å²) in [6.07, 6.45) is -0.0344. The lowest BCUT2D eigenvalue weighted by Gasteiger charge is -2.25. The van der Waals surface area contributed by atoms with Gasteiger partial charge in [-0.2, -0.15) is 0 Å². The van der Waals surface area contributed by atoms with Gasteiger partial charge in [-0.05, 0) is 44.2 Å². The molecule has 1 saturated heterocycles. The van der Waals surface area contributed by atoms with E-state index >= 15 is 0 Å².